The van der Waals surface area contributed by atoms with Crippen LogP contribution < -0.4 is 5.32 Å². The van der Waals surface area contributed by atoms with Crippen molar-refractivity contribution < 1.29 is 14.1 Å². The fourth-order valence-corrected chi connectivity index (χ4v) is 5.16. The van der Waals surface area contributed by atoms with E-state index in [1.54, 1.807) is 12.1 Å². The lowest BCUT2D eigenvalue weighted by atomic mass is 9.86. The summed E-state index contributed by atoms with van der Waals surface area (Å²) in [5, 5.41) is 7.44. The Labute approximate surface area is 194 Å². The van der Waals surface area contributed by atoms with Crippen LogP contribution in [0, 0.1) is 5.92 Å². The number of nitrogens with zero attached hydrogens (tertiary/aromatic N) is 2. The van der Waals surface area contributed by atoms with E-state index in [1.807, 2.05) is 23.1 Å². The Hall–Kier alpha value is -2.34. The minimum Gasteiger partial charge on any atom is -0.359 e. The van der Waals surface area contributed by atoms with Gasteiger partial charge in [-0.25, -0.2) is 0 Å². The summed E-state index contributed by atoms with van der Waals surface area (Å²) < 4.78 is 5.49. The monoisotopic (exact) mass is 457 g/mol. The highest BCUT2D eigenvalue weighted by atomic mass is 35.5. The van der Waals surface area contributed by atoms with Gasteiger partial charge in [0.05, 0.1) is 6.54 Å². The fourth-order valence-electron chi connectivity index (χ4n) is 4.95. The Kier molecular flexibility index (Phi) is 7.85. The summed E-state index contributed by atoms with van der Waals surface area (Å²) in [6.45, 7) is 0.741. The Morgan fingerprint density at radius 2 is 1.75 bits per heavy atom. The van der Waals surface area contributed by atoms with Crippen molar-refractivity contribution in [3.05, 3.63) is 52.4 Å². The quantitative estimate of drug-likeness (QED) is 0.595. The highest BCUT2D eigenvalue weighted by molar-refractivity contribution is 6.30. The second kappa shape index (κ2) is 11.0. The van der Waals surface area contributed by atoms with Crippen molar-refractivity contribution in [2.75, 3.05) is 0 Å². The van der Waals surface area contributed by atoms with Gasteiger partial charge in [-0.2, -0.15) is 0 Å². The molecule has 1 aromatic carbocycles. The number of hydrogen-bond acceptors (Lipinski definition) is 4. The minimum absolute atomic E-state index is 0.120. The molecule has 0 atom stereocenters. The number of amides is 2. The zero-order chi connectivity index (χ0) is 22.3. The van der Waals surface area contributed by atoms with E-state index in [2.05, 4.69) is 10.5 Å². The molecule has 2 saturated carbocycles. The topological polar surface area (TPSA) is 75.4 Å². The summed E-state index contributed by atoms with van der Waals surface area (Å²) in [6, 6.07) is 9.28. The second-order valence-corrected chi connectivity index (χ2v) is 9.52. The van der Waals surface area contributed by atoms with E-state index in [9.17, 15) is 9.59 Å². The fraction of sp³-hybridized carbons (Fsp3) is 0.560. The molecule has 2 aromatic rings. The van der Waals surface area contributed by atoms with Gasteiger partial charge in [-0.3, -0.25) is 9.59 Å². The second-order valence-electron chi connectivity index (χ2n) is 9.08. The molecule has 2 amide bonds. The lowest BCUT2D eigenvalue weighted by Crippen LogP contribution is -2.44. The maximum absolute atomic E-state index is 13.4. The summed E-state index contributed by atoms with van der Waals surface area (Å²) in [5.41, 5.74) is 1.15. The largest absolute Gasteiger partial charge is 0.359 e. The first-order valence-electron chi connectivity index (χ1n) is 11.9. The molecule has 1 N–H and O–H groups in total. The van der Waals surface area contributed by atoms with Gasteiger partial charge in [-0.15, -0.1) is 0 Å². The van der Waals surface area contributed by atoms with Crippen molar-refractivity contribution in [2.24, 2.45) is 5.92 Å². The van der Waals surface area contributed by atoms with E-state index in [4.69, 9.17) is 16.1 Å². The third-order valence-electron chi connectivity index (χ3n) is 6.71. The molecule has 2 aliphatic carbocycles. The average molecular weight is 458 g/mol. The smallest absolute Gasteiger partial charge is 0.273 e. The molecule has 0 unspecified atom stereocenters. The van der Waals surface area contributed by atoms with Crippen LogP contribution in [0.4, 0.5) is 0 Å². The van der Waals surface area contributed by atoms with E-state index >= 15 is 0 Å². The first kappa shape index (κ1) is 22.8. The van der Waals surface area contributed by atoms with Crippen LogP contribution in [0.25, 0.3) is 0 Å². The molecular weight excluding hydrogens is 426 g/mol. The van der Waals surface area contributed by atoms with Crippen LogP contribution in [-0.2, 0) is 17.9 Å². The summed E-state index contributed by atoms with van der Waals surface area (Å²) in [6.07, 6.45) is 11.1. The average Bonchev–Trinajstić information content (AvgIpc) is 3.31. The van der Waals surface area contributed by atoms with Crippen LogP contribution in [0.15, 0.2) is 34.9 Å². The van der Waals surface area contributed by atoms with Crippen LogP contribution in [0.3, 0.4) is 0 Å². The Morgan fingerprint density at radius 3 is 2.47 bits per heavy atom. The molecule has 7 heteroatoms. The van der Waals surface area contributed by atoms with E-state index in [0.717, 1.165) is 56.9 Å². The summed E-state index contributed by atoms with van der Waals surface area (Å²) >= 11 is 6.00. The van der Waals surface area contributed by atoms with Gasteiger partial charge >= 0.3 is 0 Å². The minimum atomic E-state index is -0.303. The number of hydrogen-bond donors (Lipinski definition) is 1. The summed E-state index contributed by atoms with van der Waals surface area (Å²) in [4.78, 5) is 28.0. The lowest BCUT2D eigenvalue weighted by Gasteiger charge is -2.37. The maximum atomic E-state index is 13.4. The summed E-state index contributed by atoms with van der Waals surface area (Å²) in [7, 11) is 0. The number of halogens is 1. The van der Waals surface area contributed by atoms with Gasteiger partial charge in [0, 0.05) is 29.6 Å². The van der Waals surface area contributed by atoms with Crippen LogP contribution in [-0.4, -0.2) is 27.9 Å². The van der Waals surface area contributed by atoms with Gasteiger partial charge < -0.3 is 14.7 Å². The van der Waals surface area contributed by atoms with Gasteiger partial charge in [0.15, 0.2) is 11.5 Å². The van der Waals surface area contributed by atoms with E-state index < -0.39 is 0 Å². The number of nitrogens with one attached hydrogen (secondary N) is 1. The number of carbonyl (C=O) groups is 2. The normalized spacial score (nSPS) is 17.8. The van der Waals surface area contributed by atoms with Gasteiger partial charge in [0.2, 0.25) is 5.91 Å². The van der Waals surface area contributed by atoms with Crippen molar-refractivity contribution in [1.29, 1.82) is 0 Å². The van der Waals surface area contributed by atoms with Crippen LogP contribution in [0.5, 0.6) is 0 Å². The number of carbonyl (C=O) groups excluding carboxylic acids is 2. The van der Waals surface area contributed by atoms with Gasteiger partial charge in [0.1, 0.15) is 0 Å². The maximum Gasteiger partial charge on any atom is 0.273 e. The Balaban J connectivity index is 1.41. The third kappa shape index (κ3) is 5.91. The third-order valence-corrected chi connectivity index (χ3v) is 6.95. The first-order chi connectivity index (χ1) is 15.6. The highest BCUT2D eigenvalue weighted by Gasteiger charge is 2.32. The standard InChI is InChI=1S/C25H32ClN3O3/c26-20-11-7-8-18(14-20)16-27-24(30)23-15-22(32-28-23)17-29(21-12-5-2-6-13-21)25(31)19-9-3-1-4-10-19/h7-8,11,14-15,19,21H,1-6,9-10,12-13,16-17H2,(H,27,30). The van der Waals surface area contributed by atoms with Crippen molar-refractivity contribution in [1.82, 2.24) is 15.4 Å². The van der Waals surface area contributed by atoms with Crippen LogP contribution in [0.2, 0.25) is 5.02 Å². The van der Waals surface area contributed by atoms with Crippen LogP contribution in [0.1, 0.15) is 86.0 Å². The first-order valence-corrected chi connectivity index (χ1v) is 12.3. The van der Waals surface area contributed by atoms with Crippen LogP contribution >= 0.6 is 11.6 Å². The molecule has 1 heterocycles. The predicted molar refractivity (Wildman–Crippen MR) is 123 cm³/mol. The Morgan fingerprint density at radius 1 is 1.03 bits per heavy atom. The molecule has 2 aliphatic rings. The van der Waals surface area contributed by atoms with Crippen molar-refractivity contribution in [3.8, 4) is 0 Å². The highest BCUT2D eigenvalue weighted by Crippen LogP contribution is 2.30. The van der Waals surface area contributed by atoms with E-state index in [0.29, 0.717) is 23.9 Å². The predicted octanol–water partition coefficient (Wildman–Crippen LogP) is 5.50. The van der Waals surface area contributed by atoms with Crippen molar-refractivity contribution in [2.45, 2.75) is 83.3 Å². The van der Waals surface area contributed by atoms with Gasteiger partial charge in [-0.05, 0) is 43.4 Å². The van der Waals surface area contributed by atoms with E-state index in [1.165, 1.54) is 12.8 Å². The SMILES string of the molecule is O=C(NCc1cccc(Cl)c1)c1cc(CN(C(=O)C2CCCCC2)C2CCCCC2)on1. The molecule has 32 heavy (non-hydrogen) atoms. The molecule has 0 radical (unpaired) electrons. The zero-order valence-electron chi connectivity index (χ0n) is 18.5. The molecule has 1 aromatic heterocycles. The molecule has 6 nitrogen and oxygen atoms in total. The Bertz CT molecular complexity index is 917. The molecule has 0 bridgehead atoms. The molecule has 2 fully saturated rings. The molecule has 4 rings (SSSR count). The van der Waals surface area contributed by atoms with Gasteiger partial charge in [-0.1, -0.05) is 67.4 Å². The van der Waals surface area contributed by atoms with Crippen molar-refractivity contribution >= 4 is 23.4 Å². The summed E-state index contributed by atoms with van der Waals surface area (Å²) in [5.74, 6) is 0.629. The molecule has 0 spiro atoms. The van der Waals surface area contributed by atoms with Gasteiger partial charge in [0.25, 0.3) is 5.91 Å². The number of benzene rings is 1. The molecule has 0 aliphatic heterocycles. The molecule has 0 saturated heterocycles. The van der Waals surface area contributed by atoms with Crippen molar-refractivity contribution in [3.63, 3.8) is 0 Å². The molecular formula is C25H32ClN3O3. The van der Waals surface area contributed by atoms with E-state index in [-0.39, 0.29) is 29.5 Å². The number of rotatable bonds is 7. The number of aromatic nitrogens is 1. The lowest BCUT2D eigenvalue weighted by molar-refractivity contribution is -0.140. The molecule has 172 valence electrons. The zero-order valence-corrected chi connectivity index (χ0v) is 19.3.